The van der Waals surface area contributed by atoms with Gasteiger partial charge in [0.15, 0.2) is 0 Å². The Labute approximate surface area is 155 Å². The van der Waals surface area contributed by atoms with Crippen molar-refractivity contribution in [1.29, 1.82) is 0 Å². The van der Waals surface area contributed by atoms with Gasteiger partial charge in [0.1, 0.15) is 12.4 Å². The lowest BCUT2D eigenvalue weighted by Gasteiger charge is -2.20. The minimum atomic E-state index is -0.379. The average molecular weight is 361 g/mol. The van der Waals surface area contributed by atoms with Crippen LogP contribution in [0.1, 0.15) is 50.0 Å². The van der Waals surface area contributed by atoms with Crippen LogP contribution in [0.5, 0.6) is 5.75 Å². The summed E-state index contributed by atoms with van der Waals surface area (Å²) in [7, 11) is 1.46. The number of carbonyl (C=O) groups is 1. The predicted molar refractivity (Wildman–Crippen MR) is 103 cm³/mol. The second-order valence-electron chi connectivity index (χ2n) is 6.95. The van der Waals surface area contributed by atoms with Gasteiger partial charge in [0, 0.05) is 4.88 Å². The molecule has 25 heavy (non-hydrogen) atoms. The highest BCUT2D eigenvalue weighted by Crippen LogP contribution is 2.25. The fourth-order valence-corrected chi connectivity index (χ4v) is 3.37. The number of methoxy groups -OCH3 is 1. The van der Waals surface area contributed by atoms with Crippen LogP contribution >= 0.6 is 11.3 Å². The number of rotatable bonds is 10. The minimum absolute atomic E-state index is 0.120. The molecule has 136 valence electrons. The van der Waals surface area contributed by atoms with Crippen molar-refractivity contribution in [2.45, 2.75) is 52.6 Å². The summed E-state index contributed by atoms with van der Waals surface area (Å²) in [4.78, 5) is 12.9. The number of esters is 1. The number of ether oxygens (including phenoxy) is 2. The van der Waals surface area contributed by atoms with Gasteiger partial charge in [-0.1, -0.05) is 31.0 Å². The number of hydrogen-bond donors (Lipinski definition) is 0. The molecule has 0 aliphatic carbocycles. The summed E-state index contributed by atoms with van der Waals surface area (Å²) in [6.07, 6.45) is 5.23. The van der Waals surface area contributed by atoms with Crippen LogP contribution in [0.25, 0.3) is 0 Å². The van der Waals surface area contributed by atoms with Crippen molar-refractivity contribution in [2.75, 3.05) is 7.11 Å². The maximum Gasteiger partial charge on any atom is 0.311 e. The van der Waals surface area contributed by atoms with Crippen LogP contribution in [0.3, 0.4) is 0 Å². The van der Waals surface area contributed by atoms with Crippen LogP contribution in [-0.4, -0.2) is 13.1 Å². The fraction of sp³-hybridized carbons (Fsp3) is 0.476. The molecule has 3 nitrogen and oxygen atoms in total. The normalized spacial score (nSPS) is 11.3. The van der Waals surface area contributed by atoms with Gasteiger partial charge in [0.2, 0.25) is 0 Å². The first-order valence-electron chi connectivity index (χ1n) is 8.84. The molecule has 1 aromatic carbocycles. The standard InChI is InChI=1S/C21H28O3S/c1-21(2,20(22)23-3)14-6-4-5-8-17-10-12-18(13-11-17)24-16-19-9-7-15-25-19/h7,9-13,15H,4-6,8,14,16H2,1-3H3. The number of hydrogen-bond acceptors (Lipinski definition) is 4. The number of aryl methyl sites for hydroxylation is 1. The summed E-state index contributed by atoms with van der Waals surface area (Å²) < 4.78 is 10.6. The molecule has 0 amide bonds. The molecule has 1 aromatic heterocycles. The molecule has 0 atom stereocenters. The van der Waals surface area contributed by atoms with Crippen LogP contribution in [0.15, 0.2) is 41.8 Å². The van der Waals surface area contributed by atoms with Crippen molar-refractivity contribution in [3.63, 3.8) is 0 Å². The fourth-order valence-electron chi connectivity index (χ4n) is 2.75. The highest BCUT2D eigenvalue weighted by molar-refractivity contribution is 7.09. The van der Waals surface area contributed by atoms with E-state index in [1.54, 1.807) is 11.3 Å². The van der Waals surface area contributed by atoms with Crippen LogP contribution in [0, 0.1) is 5.41 Å². The second kappa shape index (κ2) is 9.62. The lowest BCUT2D eigenvalue weighted by molar-refractivity contribution is -0.151. The highest BCUT2D eigenvalue weighted by atomic mass is 32.1. The SMILES string of the molecule is COC(=O)C(C)(C)CCCCCc1ccc(OCc2cccs2)cc1. The van der Waals surface area contributed by atoms with Gasteiger partial charge in [0.05, 0.1) is 12.5 Å². The van der Waals surface area contributed by atoms with E-state index in [1.807, 2.05) is 32.0 Å². The molecule has 2 rings (SSSR count). The van der Waals surface area contributed by atoms with E-state index in [2.05, 4.69) is 23.6 Å². The smallest absolute Gasteiger partial charge is 0.311 e. The molecule has 0 bridgehead atoms. The molecule has 0 aliphatic heterocycles. The molecular weight excluding hydrogens is 332 g/mol. The third kappa shape index (κ3) is 6.54. The average Bonchev–Trinajstić information content (AvgIpc) is 3.13. The molecule has 0 fully saturated rings. The van der Waals surface area contributed by atoms with E-state index in [-0.39, 0.29) is 11.4 Å². The van der Waals surface area contributed by atoms with Gasteiger partial charge in [-0.05, 0) is 62.3 Å². The number of thiophene rings is 1. The van der Waals surface area contributed by atoms with E-state index in [9.17, 15) is 4.79 Å². The molecule has 4 heteroatoms. The predicted octanol–water partition coefficient (Wildman–Crippen LogP) is 5.63. The molecular formula is C21H28O3S. The zero-order chi connectivity index (χ0) is 18.1. The summed E-state index contributed by atoms with van der Waals surface area (Å²) in [6.45, 7) is 4.54. The summed E-state index contributed by atoms with van der Waals surface area (Å²) in [5.41, 5.74) is 0.951. The first-order valence-corrected chi connectivity index (χ1v) is 9.72. The first kappa shape index (κ1) is 19.5. The van der Waals surface area contributed by atoms with Crippen LogP contribution in [-0.2, 0) is 22.6 Å². The third-order valence-corrected chi connectivity index (χ3v) is 5.24. The summed E-state index contributed by atoms with van der Waals surface area (Å²) in [6, 6.07) is 12.5. The largest absolute Gasteiger partial charge is 0.488 e. The van der Waals surface area contributed by atoms with E-state index in [4.69, 9.17) is 9.47 Å². The van der Waals surface area contributed by atoms with Gasteiger partial charge in [-0.2, -0.15) is 0 Å². The monoisotopic (exact) mass is 360 g/mol. The lowest BCUT2D eigenvalue weighted by Crippen LogP contribution is -2.25. The van der Waals surface area contributed by atoms with E-state index in [1.165, 1.54) is 17.6 Å². The Morgan fingerprint density at radius 1 is 1.08 bits per heavy atom. The van der Waals surface area contributed by atoms with Crippen molar-refractivity contribution < 1.29 is 14.3 Å². The summed E-state index contributed by atoms with van der Waals surface area (Å²) in [5, 5.41) is 2.06. The number of carbonyl (C=O) groups excluding carboxylic acids is 1. The van der Waals surface area contributed by atoms with Crippen molar-refractivity contribution in [3.05, 3.63) is 52.2 Å². The molecule has 1 heterocycles. The lowest BCUT2D eigenvalue weighted by atomic mass is 9.87. The van der Waals surface area contributed by atoms with Crippen molar-refractivity contribution >= 4 is 17.3 Å². The van der Waals surface area contributed by atoms with Gasteiger partial charge >= 0.3 is 5.97 Å². The Balaban J connectivity index is 1.65. The summed E-state index contributed by atoms with van der Waals surface area (Å²) >= 11 is 1.71. The second-order valence-corrected chi connectivity index (χ2v) is 7.98. The molecule has 0 unspecified atom stereocenters. The molecule has 0 saturated heterocycles. The van der Waals surface area contributed by atoms with Crippen molar-refractivity contribution in [1.82, 2.24) is 0 Å². The Kier molecular flexibility index (Phi) is 7.51. The Morgan fingerprint density at radius 2 is 1.84 bits per heavy atom. The van der Waals surface area contributed by atoms with Crippen LogP contribution < -0.4 is 4.74 Å². The molecule has 0 aliphatic rings. The van der Waals surface area contributed by atoms with Crippen molar-refractivity contribution in [3.8, 4) is 5.75 Å². The van der Waals surface area contributed by atoms with Crippen LogP contribution in [0.4, 0.5) is 0 Å². The van der Waals surface area contributed by atoms with Crippen molar-refractivity contribution in [2.24, 2.45) is 5.41 Å². The van der Waals surface area contributed by atoms with Gasteiger partial charge in [0.25, 0.3) is 0 Å². The van der Waals surface area contributed by atoms with Gasteiger partial charge in [-0.3, -0.25) is 4.79 Å². The van der Waals surface area contributed by atoms with E-state index < -0.39 is 0 Å². The number of benzene rings is 1. The molecule has 0 N–H and O–H groups in total. The topological polar surface area (TPSA) is 35.5 Å². The summed E-state index contributed by atoms with van der Waals surface area (Å²) in [5.74, 6) is 0.794. The number of unbranched alkanes of at least 4 members (excludes halogenated alkanes) is 2. The van der Waals surface area contributed by atoms with Gasteiger partial charge < -0.3 is 9.47 Å². The molecule has 0 radical (unpaired) electrons. The first-order chi connectivity index (χ1) is 12.0. The van der Waals surface area contributed by atoms with Crippen LogP contribution in [0.2, 0.25) is 0 Å². The quantitative estimate of drug-likeness (QED) is 0.407. The van der Waals surface area contributed by atoms with E-state index in [0.29, 0.717) is 6.61 Å². The van der Waals surface area contributed by atoms with E-state index in [0.717, 1.165) is 37.9 Å². The highest BCUT2D eigenvalue weighted by Gasteiger charge is 2.27. The maximum absolute atomic E-state index is 11.6. The minimum Gasteiger partial charge on any atom is -0.488 e. The Hall–Kier alpha value is -1.81. The van der Waals surface area contributed by atoms with Gasteiger partial charge in [-0.25, -0.2) is 0 Å². The van der Waals surface area contributed by atoms with E-state index >= 15 is 0 Å². The van der Waals surface area contributed by atoms with Gasteiger partial charge in [-0.15, -0.1) is 11.3 Å². The molecule has 0 spiro atoms. The maximum atomic E-state index is 11.6. The zero-order valence-electron chi connectivity index (χ0n) is 15.4. The Morgan fingerprint density at radius 3 is 2.48 bits per heavy atom. The zero-order valence-corrected chi connectivity index (χ0v) is 16.2. The molecule has 2 aromatic rings. The third-order valence-electron chi connectivity index (χ3n) is 4.39. The molecule has 0 saturated carbocycles. The Bertz CT molecular complexity index is 630.